The molecule has 1 fully saturated rings. The molecule has 5 heteroatoms. The van der Waals surface area contributed by atoms with Crippen LogP contribution in [-0.2, 0) is 5.54 Å². The summed E-state index contributed by atoms with van der Waals surface area (Å²) in [6.45, 7) is 3.28. The van der Waals surface area contributed by atoms with Crippen LogP contribution in [0, 0.1) is 0 Å². The van der Waals surface area contributed by atoms with Crippen molar-refractivity contribution < 1.29 is 0 Å². The Kier molecular flexibility index (Phi) is 2.55. The fourth-order valence-corrected chi connectivity index (χ4v) is 2.82. The lowest BCUT2D eigenvalue weighted by molar-refractivity contribution is 0.331. The van der Waals surface area contributed by atoms with Crippen LogP contribution >= 0.6 is 0 Å². The summed E-state index contributed by atoms with van der Waals surface area (Å²) in [6, 6.07) is 1.89. The molecule has 1 atom stereocenters. The lowest BCUT2D eigenvalue weighted by atomic mass is 9.91. The Hall–Kier alpha value is -1.49. The van der Waals surface area contributed by atoms with Crippen LogP contribution in [0.3, 0.4) is 0 Å². The van der Waals surface area contributed by atoms with Crippen LogP contribution < -0.4 is 5.32 Å². The number of rotatable bonds is 3. The first-order valence-electron chi connectivity index (χ1n) is 6.26. The zero-order valence-corrected chi connectivity index (χ0v) is 10.1. The van der Waals surface area contributed by atoms with Gasteiger partial charge in [0, 0.05) is 12.3 Å². The highest BCUT2D eigenvalue weighted by Gasteiger charge is 2.38. The third-order valence-electron chi connectivity index (χ3n) is 3.56. The van der Waals surface area contributed by atoms with E-state index < -0.39 is 0 Å². The van der Waals surface area contributed by atoms with Crippen molar-refractivity contribution in [3.05, 3.63) is 24.4 Å². The molecule has 0 aliphatic carbocycles. The molecular weight excluding hydrogens is 214 g/mol. The summed E-state index contributed by atoms with van der Waals surface area (Å²) in [5.74, 6) is 1.01. The fraction of sp³-hybridized carbons (Fsp3) is 0.583. The molecule has 1 aliphatic rings. The van der Waals surface area contributed by atoms with Crippen molar-refractivity contribution in [1.82, 2.24) is 24.9 Å². The van der Waals surface area contributed by atoms with Crippen molar-refractivity contribution in [2.24, 2.45) is 0 Å². The van der Waals surface area contributed by atoms with Gasteiger partial charge in [-0.15, -0.1) is 10.2 Å². The summed E-state index contributed by atoms with van der Waals surface area (Å²) in [6.07, 6.45) is 8.14. The zero-order chi connectivity index (χ0) is 11.7. The van der Waals surface area contributed by atoms with E-state index in [-0.39, 0.29) is 5.54 Å². The number of nitrogens with one attached hydrogen (secondary N) is 1. The molecule has 1 aliphatic heterocycles. The number of fused-ring (bicyclic) bond motifs is 1. The van der Waals surface area contributed by atoms with E-state index in [9.17, 15) is 0 Å². The molecule has 1 unspecified atom stereocenters. The second-order valence-corrected chi connectivity index (χ2v) is 4.69. The van der Waals surface area contributed by atoms with E-state index in [2.05, 4.69) is 27.4 Å². The third-order valence-corrected chi connectivity index (χ3v) is 3.56. The molecular formula is C12H17N5. The summed E-state index contributed by atoms with van der Waals surface area (Å²) < 4.78 is 2.01. The predicted octanol–water partition coefficient (Wildman–Crippen LogP) is 1.50. The molecule has 3 heterocycles. The van der Waals surface area contributed by atoms with E-state index in [1.165, 1.54) is 6.42 Å². The minimum absolute atomic E-state index is 0.00278. The van der Waals surface area contributed by atoms with E-state index in [4.69, 9.17) is 0 Å². The van der Waals surface area contributed by atoms with Crippen molar-refractivity contribution in [3.8, 4) is 0 Å². The SMILES string of the molecule is CCCC1(c2nnc3ccncn23)CCCN1. The van der Waals surface area contributed by atoms with Crippen LogP contribution in [0.4, 0.5) is 0 Å². The average molecular weight is 231 g/mol. The van der Waals surface area contributed by atoms with E-state index in [1.807, 2.05) is 16.8 Å². The third kappa shape index (κ3) is 1.61. The molecule has 0 spiro atoms. The van der Waals surface area contributed by atoms with Gasteiger partial charge in [0.05, 0.1) is 5.54 Å². The smallest absolute Gasteiger partial charge is 0.163 e. The summed E-state index contributed by atoms with van der Waals surface area (Å²) in [5.41, 5.74) is 0.871. The van der Waals surface area contributed by atoms with Gasteiger partial charge >= 0.3 is 0 Å². The minimum atomic E-state index is -0.00278. The van der Waals surface area contributed by atoms with Crippen molar-refractivity contribution >= 4 is 5.65 Å². The Morgan fingerprint density at radius 3 is 3.18 bits per heavy atom. The first-order chi connectivity index (χ1) is 8.36. The Labute approximate surface area is 100 Å². The molecule has 0 saturated carbocycles. The maximum atomic E-state index is 4.38. The minimum Gasteiger partial charge on any atom is -0.305 e. The maximum absolute atomic E-state index is 4.38. The van der Waals surface area contributed by atoms with E-state index >= 15 is 0 Å². The molecule has 2 aromatic heterocycles. The highest BCUT2D eigenvalue weighted by atomic mass is 15.3. The van der Waals surface area contributed by atoms with Crippen LogP contribution in [0.5, 0.6) is 0 Å². The van der Waals surface area contributed by atoms with Gasteiger partial charge in [-0.3, -0.25) is 4.40 Å². The standard InChI is InChI=1S/C12H17N5/c1-2-5-12(6-3-7-14-12)11-16-15-10-4-8-13-9-17(10)11/h4,8-9,14H,2-3,5-7H2,1H3. The fourth-order valence-electron chi connectivity index (χ4n) is 2.82. The van der Waals surface area contributed by atoms with Gasteiger partial charge in [0.1, 0.15) is 6.33 Å². The van der Waals surface area contributed by atoms with E-state index in [0.29, 0.717) is 0 Å². The highest BCUT2D eigenvalue weighted by Crippen LogP contribution is 2.34. The van der Waals surface area contributed by atoms with Gasteiger partial charge in [0.15, 0.2) is 11.5 Å². The largest absolute Gasteiger partial charge is 0.305 e. The molecule has 0 aromatic carbocycles. The maximum Gasteiger partial charge on any atom is 0.163 e. The second-order valence-electron chi connectivity index (χ2n) is 4.69. The molecule has 0 radical (unpaired) electrons. The Balaban J connectivity index is 2.12. The van der Waals surface area contributed by atoms with Gasteiger partial charge < -0.3 is 5.32 Å². The van der Waals surface area contributed by atoms with E-state index in [1.54, 1.807) is 6.20 Å². The molecule has 3 rings (SSSR count). The number of hydrogen-bond acceptors (Lipinski definition) is 4. The quantitative estimate of drug-likeness (QED) is 0.869. The lowest BCUT2D eigenvalue weighted by Crippen LogP contribution is -2.38. The molecule has 2 aromatic rings. The average Bonchev–Trinajstić information content (AvgIpc) is 2.96. The van der Waals surface area contributed by atoms with Crippen molar-refractivity contribution in [2.45, 2.75) is 38.1 Å². The van der Waals surface area contributed by atoms with E-state index in [0.717, 1.165) is 37.3 Å². The monoisotopic (exact) mass is 231 g/mol. The van der Waals surface area contributed by atoms with Gasteiger partial charge in [-0.05, 0) is 25.8 Å². The van der Waals surface area contributed by atoms with Crippen LogP contribution in [-0.4, -0.2) is 26.1 Å². The van der Waals surface area contributed by atoms with Gasteiger partial charge in [0.25, 0.3) is 0 Å². The highest BCUT2D eigenvalue weighted by molar-refractivity contribution is 5.36. The molecule has 1 saturated heterocycles. The summed E-state index contributed by atoms with van der Waals surface area (Å²) in [4.78, 5) is 4.16. The number of hydrogen-bond donors (Lipinski definition) is 1. The van der Waals surface area contributed by atoms with Crippen LogP contribution in [0.2, 0.25) is 0 Å². The molecule has 5 nitrogen and oxygen atoms in total. The summed E-state index contributed by atoms with van der Waals surface area (Å²) in [7, 11) is 0. The molecule has 0 bridgehead atoms. The summed E-state index contributed by atoms with van der Waals surface area (Å²) >= 11 is 0. The Bertz CT molecular complexity index is 512. The molecule has 0 amide bonds. The molecule has 17 heavy (non-hydrogen) atoms. The van der Waals surface area contributed by atoms with Crippen LogP contribution in [0.15, 0.2) is 18.6 Å². The second kappa shape index (κ2) is 4.07. The molecule has 1 N–H and O–H groups in total. The van der Waals surface area contributed by atoms with Gasteiger partial charge in [-0.2, -0.15) is 0 Å². The molecule has 90 valence electrons. The van der Waals surface area contributed by atoms with Crippen molar-refractivity contribution in [3.63, 3.8) is 0 Å². The normalized spacial score (nSPS) is 24.5. The van der Waals surface area contributed by atoms with Crippen molar-refractivity contribution in [2.75, 3.05) is 6.54 Å². The van der Waals surface area contributed by atoms with Gasteiger partial charge in [-0.1, -0.05) is 13.3 Å². The Morgan fingerprint density at radius 2 is 2.41 bits per heavy atom. The number of aromatic nitrogens is 4. The lowest BCUT2D eigenvalue weighted by Gasteiger charge is -2.27. The first kappa shape index (κ1) is 10.7. The Morgan fingerprint density at radius 1 is 1.47 bits per heavy atom. The van der Waals surface area contributed by atoms with Gasteiger partial charge in [0.2, 0.25) is 0 Å². The van der Waals surface area contributed by atoms with Crippen molar-refractivity contribution in [1.29, 1.82) is 0 Å². The van der Waals surface area contributed by atoms with Gasteiger partial charge in [-0.25, -0.2) is 4.98 Å². The summed E-state index contributed by atoms with van der Waals surface area (Å²) in [5, 5.41) is 12.2. The van der Waals surface area contributed by atoms with Crippen LogP contribution in [0.1, 0.15) is 38.4 Å². The topological polar surface area (TPSA) is 55.1 Å². The first-order valence-corrected chi connectivity index (χ1v) is 6.26. The zero-order valence-electron chi connectivity index (χ0n) is 10.1. The predicted molar refractivity (Wildman–Crippen MR) is 64.6 cm³/mol. The van der Waals surface area contributed by atoms with Crippen LogP contribution in [0.25, 0.3) is 5.65 Å². The number of nitrogens with zero attached hydrogens (tertiary/aromatic N) is 4.